The summed E-state index contributed by atoms with van der Waals surface area (Å²) in [4.78, 5) is 4.06. The van der Waals surface area contributed by atoms with E-state index in [0.29, 0.717) is 0 Å². The van der Waals surface area contributed by atoms with E-state index < -0.39 is 0 Å². The minimum atomic E-state index is 0.824. The Bertz CT molecular complexity index is 317. The zero-order chi connectivity index (χ0) is 6.97. The van der Waals surface area contributed by atoms with Crippen molar-refractivity contribution in [3.05, 3.63) is 24.5 Å². The molecule has 2 heterocycles. The lowest BCUT2D eigenvalue weighted by atomic mass is 10.4. The van der Waals surface area contributed by atoms with Crippen LogP contribution in [0, 0.1) is 6.20 Å². The predicted octanol–water partition coefficient (Wildman–Crippen LogP) is 0.768. The van der Waals surface area contributed by atoms with Gasteiger partial charge in [0.15, 0.2) is 0 Å². The van der Waals surface area contributed by atoms with Gasteiger partial charge in [-0.3, -0.25) is 9.67 Å². The van der Waals surface area contributed by atoms with Gasteiger partial charge in [0, 0.05) is 13.2 Å². The van der Waals surface area contributed by atoms with Crippen LogP contribution in [0.2, 0.25) is 0 Å². The van der Waals surface area contributed by atoms with E-state index in [4.69, 9.17) is 0 Å². The molecule has 0 bridgehead atoms. The maximum atomic E-state index is 4.11. The van der Waals surface area contributed by atoms with Gasteiger partial charge in [-0.25, -0.2) is 0 Å². The van der Waals surface area contributed by atoms with E-state index in [9.17, 15) is 0 Å². The van der Waals surface area contributed by atoms with E-state index in [-0.39, 0.29) is 0 Å². The number of hydrogen-bond acceptors (Lipinski definition) is 2. The first kappa shape index (κ1) is 5.41. The fourth-order valence-electron chi connectivity index (χ4n) is 0.904. The second-order valence-electron chi connectivity index (χ2n) is 2.11. The summed E-state index contributed by atoms with van der Waals surface area (Å²) in [5.74, 6) is 0. The van der Waals surface area contributed by atoms with Gasteiger partial charge in [-0.05, 0) is 12.1 Å². The number of aromatic nitrogens is 3. The van der Waals surface area contributed by atoms with Crippen molar-refractivity contribution < 1.29 is 0 Å². The van der Waals surface area contributed by atoms with Crippen LogP contribution >= 0.6 is 0 Å². The van der Waals surface area contributed by atoms with Crippen molar-refractivity contribution >= 4 is 11.0 Å². The molecule has 10 heavy (non-hydrogen) atoms. The van der Waals surface area contributed by atoms with E-state index in [1.807, 2.05) is 19.2 Å². The third kappa shape index (κ3) is 0.673. The van der Waals surface area contributed by atoms with Gasteiger partial charge in [0.25, 0.3) is 0 Å². The number of rotatable bonds is 0. The maximum absolute atomic E-state index is 4.11. The standard InChI is InChI=1S/C7H6N3/c1-10-5-7-6(9-10)3-2-4-8-7/h2-4H,1H3. The predicted molar refractivity (Wildman–Crippen MR) is 37.3 cm³/mol. The van der Waals surface area contributed by atoms with Gasteiger partial charge < -0.3 is 0 Å². The molecular weight excluding hydrogens is 126 g/mol. The van der Waals surface area contributed by atoms with Crippen LogP contribution in [-0.2, 0) is 7.05 Å². The zero-order valence-corrected chi connectivity index (χ0v) is 5.57. The highest BCUT2D eigenvalue weighted by molar-refractivity contribution is 5.71. The number of pyridine rings is 1. The highest BCUT2D eigenvalue weighted by atomic mass is 15.2. The molecule has 0 atom stereocenters. The third-order valence-corrected chi connectivity index (χ3v) is 1.31. The molecular formula is C7H6N3. The molecule has 0 fully saturated rings. The molecule has 0 spiro atoms. The van der Waals surface area contributed by atoms with Crippen LogP contribution in [0.4, 0.5) is 0 Å². The smallest absolute Gasteiger partial charge is 0.118 e. The number of aryl methyl sites for hydroxylation is 1. The molecule has 0 N–H and O–H groups in total. The topological polar surface area (TPSA) is 30.7 Å². The largest absolute Gasteiger partial charge is 0.263 e. The molecule has 0 amide bonds. The highest BCUT2D eigenvalue weighted by Crippen LogP contribution is 2.04. The molecule has 2 aromatic heterocycles. The third-order valence-electron chi connectivity index (χ3n) is 1.31. The fraction of sp³-hybridized carbons (Fsp3) is 0.143. The molecule has 0 unspecified atom stereocenters. The summed E-state index contributed by atoms with van der Waals surface area (Å²) in [5, 5.41) is 4.11. The van der Waals surface area contributed by atoms with Crippen molar-refractivity contribution in [1.29, 1.82) is 0 Å². The Balaban J connectivity index is 2.88. The average molecular weight is 132 g/mol. The van der Waals surface area contributed by atoms with Crippen LogP contribution in [0.25, 0.3) is 11.0 Å². The van der Waals surface area contributed by atoms with Gasteiger partial charge in [0.2, 0.25) is 0 Å². The van der Waals surface area contributed by atoms with Crippen LogP contribution in [0.5, 0.6) is 0 Å². The molecule has 49 valence electrons. The molecule has 0 aliphatic carbocycles. The Kier molecular flexibility index (Phi) is 0.974. The van der Waals surface area contributed by atoms with Gasteiger partial charge in [0.05, 0.1) is 0 Å². The van der Waals surface area contributed by atoms with E-state index in [1.165, 1.54) is 0 Å². The first-order chi connectivity index (χ1) is 4.86. The summed E-state index contributed by atoms with van der Waals surface area (Å²) in [6, 6.07) is 3.78. The van der Waals surface area contributed by atoms with Crippen LogP contribution in [0.15, 0.2) is 18.3 Å². The first-order valence-corrected chi connectivity index (χ1v) is 3.03. The van der Waals surface area contributed by atoms with Gasteiger partial charge in [-0.2, -0.15) is 5.10 Å². The molecule has 0 aliphatic rings. The van der Waals surface area contributed by atoms with E-state index in [1.54, 1.807) is 10.9 Å². The molecule has 3 heteroatoms. The first-order valence-electron chi connectivity index (χ1n) is 3.03. The van der Waals surface area contributed by atoms with E-state index in [0.717, 1.165) is 11.0 Å². The molecule has 1 radical (unpaired) electrons. The molecule has 3 nitrogen and oxygen atoms in total. The van der Waals surface area contributed by atoms with Crippen molar-refractivity contribution in [2.75, 3.05) is 0 Å². The lowest BCUT2D eigenvalue weighted by molar-refractivity contribution is 0.773. The van der Waals surface area contributed by atoms with E-state index in [2.05, 4.69) is 16.3 Å². The normalized spacial score (nSPS) is 10.5. The summed E-state index contributed by atoms with van der Waals surface area (Å²) in [5.41, 5.74) is 1.72. The summed E-state index contributed by atoms with van der Waals surface area (Å²) in [7, 11) is 1.84. The Hall–Kier alpha value is -1.38. The Morgan fingerprint density at radius 2 is 2.50 bits per heavy atom. The number of hydrogen-bond donors (Lipinski definition) is 0. The number of fused-ring (bicyclic) bond motifs is 1. The fourth-order valence-corrected chi connectivity index (χ4v) is 0.904. The van der Waals surface area contributed by atoms with Gasteiger partial charge in [0.1, 0.15) is 17.2 Å². The molecule has 2 rings (SSSR count). The van der Waals surface area contributed by atoms with Crippen molar-refractivity contribution in [1.82, 2.24) is 14.8 Å². The van der Waals surface area contributed by atoms with Crippen LogP contribution in [0.1, 0.15) is 0 Å². The van der Waals surface area contributed by atoms with Crippen LogP contribution < -0.4 is 0 Å². The molecule has 0 saturated heterocycles. The Morgan fingerprint density at radius 1 is 1.60 bits per heavy atom. The highest BCUT2D eigenvalue weighted by Gasteiger charge is 1.95. The van der Waals surface area contributed by atoms with Crippen molar-refractivity contribution in [3.63, 3.8) is 0 Å². The quantitative estimate of drug-likeness (QED) is 0.530. The summed E-state index contributed by atoms with van der Waals surface area (Å²) in [6.45, 7) is 0. The Morgan fingerprint density at radius 3 is 3.30 bits per heavy atom. The molecule has 0 aromatic carbocycles. The van der Waals surface area contributed by atoms with Crippen molar-refractivity contribution in [3.8, 4) is 0 Å². The minimum Gasteiger partial charge on any atom is -0.263 e. The second kappa shape index (κ2) is 1.80. The SMILES string of the molecule is Cn1[c]c2ncccc2n1. The lowest BCUT2D eigenvalue weighted by Crippen LogP contribution is -1.85. The Labute approximate surface area is 58.3 Å². The molecule has 2 aromatic rings. The van der Waals surface area contributed by atoms with Gasteiger partial charge in [-0.1, -0.05) is 0 Å². The summed E-state index contributed by atoms with van der Waals surface area (Å²) in [6.07, 6.45) is 4.69. The van der Waals surface area contributed by atoms with Crippen LogP contribution in [0.3, 0.4) is 0 Å². The summed E-state index contributed by atoms with van der Waals surface area (Å²) >= 11 is 0. The lowest BCUT2D eigenvalue weighted by Gasteiger charge is -1.79. The van der Waals surface area contributed by atoms with Gasteiger partial charge >= 0.3 is 0 Å². The monoisotopic (exact) mass is 132 g/mol. The second-order valence-corrected chi connectivity index (χ2v) is 2.11. The summed E-state index contributed by atoms with van der Waals surface area (Å²) < 4.78 is 1.64. The zero-order valence-electron chi connectivity index (χ0n) is 5.57. The molecule has 0 saturated carbocycles. The molecule has 0 aliphatic heterocycles. The maximum Gasteiger partial charge on any atom is 0.118 e. The average Bonchev–Trinajstić information content (AvgIpc) is 2.27. The number of nitrogens with zero attached hydrogens (tertiary/aromatic N) is 3. The van der Waals surface area contributed by atoms with Gasteiger partial charge in [-0.15, -0.1) is 0 Å². The minimum absolute atomic E-state index is 0.824. The van der Waals surface area contributed by atoms with Crippen molar-refractivity contribution in [2.45, 2.75) is 0 Å². The van der Waals surface area contributed by atoms with Crippen LogP contribution in [-0.4, -0.2) is 14.8 Å². The van der Waals surface area contributed by atoms with E-state index >= 15 is 0 Å². The van der Waals surface area contributed by atoms with Crippen molar-refractivity contribution in [2.24, 2.45) is 7.05 Å².